The highest BCUT2D eigenvalue weighted by molar-refractivity contribution is 6.61. The SMILES string of the molecule is Cn1cc2cccc(B(O)O)c2n1. The zero-order valence-electron chi connectivity index (χ0n) is 7.18. The van der Waals surface area contributed by atoms with Crippen LogP contribution in [0.3, 0.4) is 0 Å². The van der Waals surface area contributed by atoms with Gasteiger partial charge in [0.15, 0.2) is 0 Å². The van der Waals surface area contributed by atoms with Gasteiger partial charge < -0.3 is 10.0 Å². The van der Waals surface area contributed by atoms with Crippen LogP contribution in [0, 0.1) is 0 Å². The van der Waals surface area contributed by atoms with Crippen molar-refractivity contribution in [2.45, 2.75) is 0 Å². The molecule has 0 radical (unpaired) electrons. The predicted octanol–water partition coefficient (Wildman–Crippen LogP) is -0.747. The molecule has 0 aliphatic heterocycles. The zero-order valence-corrected chi connectivity index (χ0v) is 7.18. The number of benzene rings is 1. The Kier molecular flexibility index (Phi) is 1.83. The van der Waals surface area contributed by atoms with E-state index < -0.39 is 7.12 Å². The fraction of sp³-hybridized carbons (Fsp3) is 0.125. The van der Waals surface area contributed by atoms with Crippen LogP contribution < -0.4 is 5.46 Å². The number of nitrogens with zero attached hydrogens (tertiary/aromatic N) is 2. The van der Waals surface area contributed by atoms with Gasteiger partial charge in [-0.15, -0.1) is 0 Å². The number of hydrogen-bond donors (Lipinski definition) is 2. The van der Waals surface area contributed by atoms with Crippen LogP contribution in [-0.2, 0) is 7.05 Å². The Morgan fingerprint density at radius 3 is 2.85 bits per heavy atom. The molecule has 2 aromatic rings. The highest BCUT2D eigenvalue weighted by Crippen LogP contribution is 2.08. The van der Waals surface area contributed by atoms with E-state index >= 15 is 0 Å². The first kappa shape index (κ1) is 8.28. The van der Waals surface area contributed by atoms with E-state index in [4.69, 9.17) is 10.0 Å². The van der Waals surface area contributed by atoms with Crippen LogP contribution in [0.15, 0.2) is 24.4 Å². The van der Waals surface area contributed by atoms with Gasteiger partial charge in [-0.2, -0.15) is 5.10 Å². The van der Waals surface area contributed by atoms with Gasteiger partial charge in [0, 0.05) is 24.1 Å². The minimum atomic E-state index is -1.46. The summed E-state index contributed by atoms with van der Waals surface area (Å²) in [6, 6.07) is 5.31. The summed E-state index contributed by atoms with van der Waals surface area (Å²) in [5.74, 6) is 0. The largest absolute Gasteiger partial charge is 0.490 e. The number of rotatable bonds is 1. The minimum Gasteiger partial charge on any atom is -0.423 e. The molecule has 0 saturated carbocycles. The molecule has 1 aromatic heterocycles. The first-order valence-electron chi connectivity index (χ1n) is 3.97. The van der Waals surface area contributed by atoms with Gasteiger partial charge in [0.2, 0.25) is 0 Å². The Hall–Kier alpha value is -1.33. The molecule has 0 spiro atoms. The zero-order chi connectivity index (χ0) is 9.42. The maximum atomic E-state index is 9.04. The Balaban J connectivity index is 2.75. The second-order valence-electron chi connectivity index (χ2n) is 2.96. The van der Waals surface area contributed by atoms with Crippen LogP contribution in [0.4, 0.5) is 0 Å². The fourth-order valence-corrected chi connectivity index (χ4v) is 1.40. The van der Waals surface area contributed by atoms with Crippen LogP contribution in [-0.4, -0.2) is 26.9 Å². The molecule has 1 heterocycles. The van der Waals surface area contributed by atoms with Crippen LogP contribution in [0.5, 0.6) is 0 Å². The summed E-state index contributed by atoms with van der Waals surface area (Å²) in [6.07, 6.45) is 1.83. The van der Waals surface area contributed by atoms with E-state index in [-0.39, 0.29) is 0 Å². The molecule has 2 rings (SSSR count). The Bertz CT molecular complexity index is 439. The molecule has 2 N–H and O–H groups in total. The van der Waals surface area contributed by atoms with Crippen molar-refractivity contribution in [1.82, 2.24) is 9.78 Å². The summed E-state index contributed by atoms with van der Waals surface area (Å²) >= 11 is 0. The van der Waals surface area contributed by atoms with Gasteiger partial charge in [0.1, 0.15) is 0 Å². The summed E-state index contributed by atoms with van der Waals surface area (Å²) in [7, 11) is 0.340. The highest BCUT2D eigenvalue weighted by Gasteiger charge is 2.15. The van der Waals surface area contributed by atoms with Gasteiger partial charge >= 0.3 is 7.12 Å². The monoisotopic (exact) mass is 176 g/mol. The van der Waals surface area contributed by atoms with Crippen LogP contribution in [0.25, 0.3) is 10.9 Å². The van der Waals surface area contributed by atoms with E-state index in [1.54, 1.807) is 23.9 Å². The maximum Gasteiger partial charge on any atom is 0.490 e. The second-order valence-corrected chi connectivity index (χ2v) is 2.96. The van der Waals surface area contributed by atoms with Crippen molar-refractivity contribution in [2.24, 2.45) is 7.05 Å². The molecular weight excluding hydrogens is 167 g/mol. The molecule has 0 bridgehead atoms. The van der Waals surface area contributed by atoms with Gasteiger partial charge in [0.05, 0.1) is 5.52 Å². The van der Waals surface area contributed by atoms with Crippen molar-refractivity contribution >= 4 is 23.5 Å². The molecule has 0 unspecified atom stereocenters. The summed E-state index contributed by atoms with van der Waals surface area (Å²) in [4.78, 5) is 0. The van der Waals surface area contributed by atoms with E-state index in [1.807, 2.05) is 12.3 Å². The van der Waals surface area contributed by atoms with Gasteiger partial charge in [-0.3, -0.25) is 4.68 Å². The molecule has 13 heavy (non-hydrogen) atoms. The summed E-state index contributed by atoms with van der Waals surface area (Å²) in [6.45, 7) is 0. The lowest BCUT2D eigenvalue weighted by atomic mass is 9.79. The first-order valence-corrected chi connectivity index (χ1v) is 3.97. The van der Waals surface area contributed by atoms with Crippen molar-refractivity contribution in [2.75, 3.05) is 0 Å². The van der Waals surface area contributed by atoms with E-state index in [0.717, 1.165) is 5.39 Å². The molecule has 1 aromatic carbocycles. The lowest BCUT2D eigenvalue weighted by molar-refractivity contribution is 0.426. The third-order valence-electron chi connectivity index (χ3n) is 1.96. The average molecular weight is 176 g/mol. The summed E-state index contributed by atoms with van der Waals surface area (Å²) in [5, 5.41) is 23.1. The molecule has 5 heteroatoms. The highest BCUT2D eigenvalue weighted by atomic mass is 16.4. The molecule has 0 saturated heterocycles. The van der Waals surface area contributed by atoms with E-state index in [0.29, 0.717) is 11.0 Å². The fourth-order valence-electron chi connectivity index (χ4n) is 1.40. The van der Waals surface area contributed by atoms with Crippen LogP contribution in [0.2, 0.25) is 0 Å². The van der Waals surface area contributed by atoms with Crippen molar-refractivity contribution in [1.29, 1.82) is 0 Å². The normalized spacial score (nSPS) is 10.7. The van der Waals surface area contributed by atoms with Crippen molar-refractivity contribution < 1.29 is 10.0 Å². The van der Waals surface area contributed by atoms with Gasteiger partial charge in [0.25, 0.3) is 0 Å². The molecule has 0 amide bonds. The Morgan fingerprint density at radius 2 is 2.15 bits per heavy atom. The lowest BCUT2D eigenvalue weighted by Gasteiger charge is -1.98. The average Bonchev–Trinajstić information content (AvgIpc) is 2.43. The molecule has 0 atom stereocenters. The van der Waals surface area contributed by atoms with Gasteiger partial charge in [-0.1, -0.05) is 18.2 Å². The molecule has 0 aliphatic carbocycles. The number of aryl methyl sites for hydroxylation is 1. The van der Waals surface area contributed by atoms with E-state index in [9.17, 15) is 0 Å². The molecular formula is C8H9BN2O2. The molecule has 0 aliphatic rings. The van der Waals surface area contributed by atoms with Crippen molar-refractivity contribution in [3.63, 3.8) is 0 Å². The second kappa shape index (κ2) is 2.87. The van der Waals surface area contributed by atoms with E-state index in [1.165, 1.54) is 0 Å². The third kappa shape index (κ3) is 1.32. The quantitative estimate of drug-likeness (QED) is 0.562. The third-order valence-corrected chi connectivity index (χ3v) is 1.96. The standard InChI is InChI=1S/C8H9BN2O2/c1-11-5-6-3-2-4-7(9(12)13)8(6)10-11/h2-5,12-13H,1H3. The number of fused-ring (bicyclic) bond motifs is 1. The first-order chi connectivity index (χ1) is 6.18. The predicted molar refractivity (Wildman–Crippen MR) is 50.5 cm³/mol. The summed E-state index contributed by atoms with van der Waals surface area (Å²) < 4.78 is 1.65. The molecule has 0 fully saturated rings. The Labute approximate surface area is 75.6 Å². The van der Waals surface area contributed by atoms with Crippen molar-refractivity contribution in [3.8, 4) is 0 Å². The minimum absolute atomic E-state index is 0.443. The Morgan fingerprint density at radius 1 is 1.38 bits per heavy atom. The van der Waals surface area contributed by atoms with Crippen molar-refractivity contribution in [3.05, 3.63) is 24.4 Å². The van der Waals surface area contributed by atoms with Gasteiger partial charge in [-0.05, 0) is 0 Å². The van der Waals surface area contributed by atoms with E-state index in [2.05, 4.69) is 5.10 Å². The lowest BCUT2D eigenvalue weighted by Crippen LogP contribution is -2.30. The maximum absolute atomic E-state index is 9.04. The van der Waals surface area contributed by atoms with Crippen LogP contribution in [0.1, 0.15) is 0 Å². The molecule has 4 nitrogen and oxygen atoms in total. The summed E-state index contributed by atoms with van der Waals surface area (Å²) in [5.41, 5.74) is 1.08. The number of hydrogen-bond acceptors (Lipinski definition) is 3. The van der Waals surface area contributed by atoms with Crippen LogP contribution >= 0.6 is 0 Å². The smallest absolute Gasteiger partial charge is 0.423 e. The topological polar surface area (TPSA) is 58.3 Å². The molecule has 66 valence electrons. The van der Waals surface area contributed by atoms with Gasteiger partial charge in [-0.25, -0.2) is 0 Å². The number of aromatic nitrogens is 2.